The third-order valence-corrected chi connectivity index (χ3v) is 3.77. The Labute approximate surface area is 123 Å². The van der Waals surface area contributed by atoms with E-state index in [4.69, 9.17) is 4.74 Å². The summed E-state index contributed by atoms with van der Waals surface area (Å²) in [5.74, 6) is 0.894. The molecule has 0 aliphatic heterocycles. The van der Waals surface area contributed by atoms with E-state index in [1.54, 1.807) is 25.3 Å². The molecule has 3 nitrogen and oxygen atoms in total. The number of hydrogen-bond donors (Lipinski definition) is 1. The molecule has 2 aromatic rings. The molecule has 1 N–H and O–H groups in total. The topological polar surface area (TPSA) is 46.5 Å². The maximum absolute atomic E-state index is 12.4. The number of ether oxygens (including phenoxy) is 1. The number of allylic oxidation sites excluding steroid dienone is 1. The normalized spacial score (nSPS) is 15.3. The molecule has 1 aliphatic carbocycles. The van der Waals surface area contributed by atoms with E-state index in [1.807, 2.05) is 31.2 Å². The van der Waals surface area contributed by atoms with Gasteiger partial charge >= 0.3 is 0 Å². The van der Waals surface area contributed by atoms with E-state index in [2.05, 4.69) is 0 Å². The largest absolute Gasteiger partial charge is 0.508 e. The molecule has 21 heavy (non-hydrogen) atoms. The van der Waals surface area contributed by atoms with E-state index in [0.717, 1.165) is 16.9 Å². The first kappa shape index (κ1) is 13.4. The molecule has 2 aromatic carbocycles. The van der Waals surface area contributed by atoms with Crippen LogP contribution >= 0.6 is 0 Å². The first-order valence-corrected chi connectivity index (χ1v) is 6.81. The number of benzene rings is 2. The Bertz CT molecular complexity index is 757. The van der Waals surface area contributed by atoms with Crippen LogP contribution in [0.4, 0.5) is 0 Å². The molecule has 0 saturated heterocycles. The van der Waals surface area contributed by atoms with E-state index >= 15 is 0 Å². The Kier molecular flexibility index (Phi) is 3.26. The van der Waals surface area contributed by atoms with Gasteiger partial charge in [0.2, 0.25) is 0 Å². The Morgan fingerprint density at radius 3 is 2.76 bits per heavy atom. The van der Waals surface area contributed by atoms with Crippen molar-refractivity contribution in [2.24, 2.45) is 0 Å². The first-order chi connectivity index (χ1) is 10.1. The zero-order valence-electron chi connectivity index (χ0n) is 12.0. The van der Waals surface area contributed by atoms with Crippen molar-refractivity contribution in [2.75, 3.05) is 7.11 Å². The lowest BCUT2D eigenvalue weighted by Crippen LogP contribution is -1.96. The highest BCUT2D eigenvalue weighted by Crippen LogP contribution is 2.34. The van der Waals surface area contributed by atoms with E-state index in [0.29, 0.717) is 23.1 Å². The van der Waals surface area contributed by atoms with Crippen molar-refractivity contribution in [3.05, 3.63) is 64.2 Å². The summed E-state index contributed by atoms with van der Waals surface area (Å²) in [6, 6.07) is 10.9. The molecule has 3 rings (SSSR count). The van der Waals surface area contributed by atoms with Crippen LogP contribution in [-0.2, 0) is 6.42 Å². The van der Waals surface area contributed by atoms with Crippen LogP contribution in [-0.4, -0.2) is 18.0 Å². The number of aryl methyl sites for hydroxylation is 1. The Morgan fingerprint density at radius 1 is 1.24 bits per heavy atom. The minimum atomic E-state index is -0.0236. The standard InChI is InChI=1S/C18H16O3/c1-11-6-7-17(21-2)12(8-11)9-13-10-15-14(18(13)20)4-3-5-16(15)19/h3-9,19H,10H2,1-2H3/b13-9+. The van der Waals surface area contributed by atoms with Crippen molar-refractivity contribution in [3.8, 4) is 11.5 Å². The first-order valence-electron chi connectivity index (χ1n) is 6.81. The summed E-state index contributed by atoms with van der Waals surface area (Å²) >= 11 is 0. The number of phenols is 1. The van der Waals surface area contributed by atoms with Crippen LogP contribution in [0.3, 0.4) is 0 Å². The van der Waals surface area contributed by atoms with Gasteiger partial charge < -0.3 is 9.84 Å². The molecule has 1 aliphatic rings. The summed E-state index contributed by atoms with van der Waals surface area (Å²) in [6.07, 6.45) is 2.31. The van der Waals surface area contributed by atoms with Gasteiger partial charge in [-0.05, 0) is 31.2 Å². The van der Waals surface area contributed by atoms with Crippen LogP contribution in [0.2, 0.25) is 0 Å². The van der Waals surface area contributed by atoms with Gasteiger partial charge in [-0.3, -0.25) is 4.79 Å². The van der Waals surface area contributed by atoms with E-state index in [-0.39, 0.29) is 11.5 Å². The number of ketones is 1. The lowest BCUT2D eigenvalue weighted by molar-refractivity contribution is 0.104. The molecule has 0 unspecified atom stereocenters. The van der Waals surface area contributed by atoms with Crippen LogP contribution in [0.25, 0.3) is 6.08 Å². The highest BCUT2D eigenvalue weighted by molar-refractivity contribution is 6.16. The molecular weight excluding hydrogens is 264 g/mol. The molecule has 3 heteroatoms. The highest BCUT2D eigenvalue weighted by Gasteiger charge is 2.27. The molecule has 0 saturated carbocycles. The van der Waals surface area contributed by atoms with Crippen molar-refractivity contribution >= 4 is 11.9 Å². The van der Waals surface area contributed by atoms with Gasteiger partial charge in [-0.1, -0.05) is 23.8 Å². The second-order valence-electron chi connectivity index (χ2n) is 5.22. The molecule has 0 fully saturated rings. The molecule has 0 heterocycles. The summed E-state index contributed by atoms with van der Waals surface area (Å²) in [6.45, 7) is 2.00. The average molecular weight is 280 g/mol. The fourth-order valence-corrected chi connectivity index (χ4v) is 2.69. The molecular formula is C18H16O3. The zero-order chi connectivity index (χ0) is 15.0. The number of Topliss-reactive ketones (excluding diaryl/α,β-unsaturated/α-hetero) is 1. The van der Waals surface area contributed by atoms with Gasteiger partial charge in [-0.2, -0.15) is 0 Å². The summed E-state index contributed by atoms with van der Waals surface area (Å²) < 4.78 is 5.34. The minimum absolute atomic E-state index is 0.0236. The lowest BCUT2D eigenvalue weighted by atomic mass is 10.0. The zero-order valence-corrected chi connectivity index (χ0v) is 12.0. The van der Waals surface area contributed by atoms with Crippen LogP contribution in [0, 0.1) is 6.92 Å². The van der Waals surface area contributed by atoms with Gasteiger partial charge in [0, 0.05) is 28.7 Å². The third-order valence-electron chi connectivity index (χ3n) is 3.77. The third kappa shape index (κ3) is 2.31. The fourth-order valence-electron chi connectivity index (χ4n) is 2.69. The van der Waals surface area contributed by atoms with Crippen molar-refractivity contribution in [1.82, 2.24) is 0 Å². The molecule has 0 radical (unpaired) electrons. The average Bonchev–Trinajstić information content (AvgIpc) is 2.78. The van der Waals surface area contributed by atoms with Crippen LogP contribution in [0.15, 0.2) is 42.0 Å². The van der Waals surface area contributed by atoms with E-state index < -0.39 is 0 Å². The van der Waals surface area contributed by atoms with Crippen LogP contribution in [0.1, 0.15) is 27.0 Å². The molecule has 0 atom stereocenters. The second kappa shape index (κ2) is 5.09. The number of rotatable bonds is 2. The smallest absolute Gasteiger partial charge is 0.189 e. The summed E-state index contributed by atoms with van der Waals surface area (Å²) in [4.78, 5) is 12.4. The number of phenolic OH excluding ortho intramolecular Hbond substituents is 1. The Morgan fingerprint density at radius 2 is 2.05 bits per heavy atom. The SMILES string of the molecule is COc1ccc(C)cc1/C=C1\Cc2c(O)cccc2C1=O. The second-order valence-corrected chi connectivity index (χ2v) is 5.22. The van der Waals surface area contributed by atoms with Gasteiger partial charge in [0.15, 0.2) is 5.78 Å². The molecule has 106 valence electrons. The number of fused-ring (bicyclic) bond motifs is 1. The Balaban J connectivity index is 2.06. The molecule has 0 amide bonds. The fraction of sp³-hybridized carbons (Fsp3) is 0.167. The molecule has 0 spiro atoms. The quantitative estimate of drug-likeness (QED) is 0.856. The van der Waals surface area contributed by atoms with Crippen molar-refractivity contribution < 1.29 is 14.6 Å². The van der Waals surface area contributed by atoms with Gasteiger partial charge in [-0.15, -0.1) is 0 Å². The minimum Gasteiger partial charge on any atom is -0.508 e. The van der Waals surface area contributed by atoms with Crippen LogP contribution in [0.5, 0.6) is 11.5 Å². The highest BCUT2D eigenvalue weighted by atomic mass is 16.5. The van der Waals surface area contributed by atoms with Crippen molar-refractivity contribution in [3.63, 3.8) is 0 Å². The van der Waals surface area contributed by atoms with Gasteiger partial charge in [0.05, 0.1) is 7.11 Å². The van der Waals surface area contributed by atoms with Gasteiger partial charge in [0.25, 0.3) is 0 Å². The van der Waals surface area contributed by atoms with Gasteiger partial charge in [0.1, 0.15) is 11.5 Å². The Hall–Kier alpha value is -2.55. The lowest BCUT2D eigenvalue weighted by Gasteiger charge is -2.06. The predicted octanol–water partition coefficient (Wildman–Crippen LogP) is 3.53. The maximum atomic E-state index is 12.4. The number of hydrogen-bond acceptors (Lipinski definition) is 3. The van der Waals surface area contributed by atoms with E-state index in [1.165, 1.54) is 0 Å². The molecule has 0 bridgehead atoms. The predicted molar refractivity (Wildman–Crippen MR) is 81.8 cm³/mol. The van der Waals surface area contributed by atoms with Gasteiger partial charge in [-0.25, -0.2) is 0 Å². The summed E-state index contributed by atoms with van der Waals surface area (Å²) in [5, 5.41) is 9.87. The summed E-state index contributed by atoms with van der Waals surface area (Å²) in [7, 11) is 1.61. The number of carbonyl (C=O) groups excluding carboxylic acids is 1. The number of carbonyl (C=O) groups is 1. The molecule has 0 aromatic heterocycles. The van der Waals surface area contributed by atoms with Crippen molar-refractivity contribution in [1.29, 1.82) is 0 Å². The van der Waals surface area contributed by atoms with E-state index in [9.17, 15) is 9.90 Å². The van der Waals surface area contributed by atoms with Crippen LogP contribution < -0.4 is 4.74 Å². The number of aromatic hydroxyl groups is 1. The maximum Gasteiger partial charge on any atom is 0.189 e. The monoisotopic (exact) mass is 280 g/mol. The van der Waals surface area contributed by atoms with Crippen molar-refractivity contribution in [2.45, 2.75) is 13.3 Å². The summed E-state index contributed by atoms with van der Waals surface area (Å²) in [5.41, 5.74) is 3.96. The number of methoxy groups -OCH3 is 1.